The highest BCUT2D eigenvalue weighted by molar-refractivity contribution is 5.97. The van der Waals surface area contributed by atoms with Gasteiger partial charge in [0.15, 0.2) is 11.6 Å². The molecule has 0 aliphatic rings. The predicted octanol–water partition coefficient (Wildman–Crippen LogP) is 2.14. The van der Waals surface area contributed by atoms with Gasteiger partial charge in [-0.3, -0.25) is 4.98 Å². The molecule has 1 aromatic carbocycles. The number of halogens is 2. The van der Waals surface area contributed by atoms with Crippen molar-refractivity contribution in [1.82, 2.24) is 4.98 Å². The number of aromatic nitrogens is 1. The number of rotatable bonds is 1. The molecule has 15 heavy (non-hydrogen) atoms. The number of hydrogen-bond acceptors (Lipinski definition) is 3. The molecule has 0 saturated heterocycles. The van der Waals surface area contributed by atoms with Crippen molar-refractivity contribution in [3.63, 3.8) is 0 Å². The minimum absolute atomic E-state index is 0.0199. The third kappa shape index (κ3) is 1.36. The van der Waals surface area contributed by atoms with Crippen molar-refractivity contribution < 1.29 is 8.78 Å². The van der Waals surface area contributed by atoms with E-state index in [-0.39, 0.29) is 5.52 Å². The van der Waals surface area contributed by atoms with Crippen LogP contribution < -0.4 is 11.1 Å². The lowest BCUT2D eigenvalue weighted by Crippen LogP contribution is -2.00. The molecule has 0 saturated carbocycles. The topological polar surface area (TPSA) is 50.9 Å². The van der Waals surface area contributed by atoms with Gasteiger partial charge in [0, 0.05) is 12.4 Å². The van der Waals surface area contributed by atoms with Crippen LogP contribution in [0.3, 0.4) is 0 Å². The summed E-state index contributed by atoms with van der Waals surface area (Å²) in [5.41, 5.74) is 6.58. The van der Waals surface area contributed by atoms with E-state index in [0.717, 1.165) is 6.07 Å². The van der Waals surface area contributed by atoms with E-state index >= 15 is 0 Å². The van der Waals surface area contributed by atoms with Crippen LogP contribution in [0.5, 0.6) is 0 Å². The van der Waals surface area contributed by atoms with E-state index in [0.29, 0.717) is 16.8 Å². The Kier molecular flexibility index (Phi) is 2.15. The molecule has 2 rings (SSSR count). The molecule has 3 N–H and O–H groups in total. The average molecular weight is 209 g/mol. The predicted molar refractivity (Wildman–Crippen MR) is 55.6 cm³/mol. The fourth-order valence-corrected chi connectivity index (χ4v) is 1.50. The van der Waals surface area contributed by atoms with E-state index in [1.54, 1.807) is 7.05 Å². The number of fused-ring (bicyclic) bond motifs is 1. The Morgan fingerprint density at radius 1 is 1.33 bits per heavy atom. The second kappa shape index (κ2) is 3.34. The first kappa shape index (κ1) is 9.64. The molecule has 0 spiro atoms. The second-order valence-electron chi connectivity index (χ2n) is 3.10. The molecule has 0 bridgehead atoms. The van der Waals surface area contributed by atoms with Crippen LogP contribution in [0.4, 0.5) is 20.2 Å². The average Bonchev–Trinajstić information content (AvgIpc) is 2.23. The van der Waals surface area contributed by atoms with Gasteiger partial charge in [0.2, 0.25) is 0 Å². The molecule has 2 aromatic rings. The standard InChI is InChI=1S/C10H9F2N3/c1-14-9-5-2-3-6(11)8(12)10(5)15-4-7(9)13/h2-4H,13H2,1H3,(H,14,15). The van der Waals surface area contributed by atoms with Crippen LogP contribution >= 0.6 is 0 Å². The first-order valence-corrected chi connectivity index (χ1v) is 4.35. The molecule has 5 heteroatoms. The molecule has 1 heterocycles. The molecule has 78 valence electrons. The number of nitrogens with two attached hydrogens (primary N) is 1. The summed E-state index contributed by atoms with van der Waals surface area (Å²) in [4.78, 5) is 3.77. The summed E-state index contributed by atoms with van der Waals surface area (Å²) < 4.78 is 26.3. The molecular formula is C10H9F2N3. The number of nitrogens with zero attached hydrogens (tertiary/aromatic N) is 1. The summed E-state index contributed by atoms with van der Waals surface area (Å²) in [6, 6.07) is 2.50. The zero-order valence-electron chi connectivity index (χ0n) is 8.01. The van der Waals surface area contributed by atoms with E-state index in [2.05, 4.69) is 10.3 Å². The lowest BCUT2D eigenvalue weighted by atomic mass is 10.1. The van der Waals surface area contributed by atoms with Crippen LogP contribution in [0.1, 0.15) is 0 Å². The second-order valence-corrected chi connectivity index (χ2v) is 3.10. The minimum atomic E-state index is -0.955. The number of benzene rings is 1. The summed E-state index contributed by atoms with van der Waals surface area (Å²) in [6.07, 6.45) is 1.30. The maximum Gasteiger partial charge on any atom is 0.185 e. The van der Waals surface area contributed by atoms with Crippen molar-refractivity contribution in [2.24, 2.45) is 0 Å². The van der Waals surface area contributed by atoms with E-state index in [1.807, 2.05) is 0 Å². The highest BCUT2D eigenvalue weighted by Crippen LogP contribution is 2.29. The molecular weight excluding hydrogens is 200 g/mol. The van der Waals surface area contributed by atoms with Gasteiger partial charge in [-0.15, -0.1) is 0 Å². The first-order chi connectivity index (χ1) is 7.15. The number of hydrogen-bond donors (Lipinski definition) is 2. The molecule has 0 aliphatic heterocycles. The summed E-state index contributed by atoms with van der Waals surface area (Å²) in [7, 11) is 1.66. The normalized spacial score (nSPS) is 10.6. The highest BCUT2D eigenvalue weighted by Gasteiger charge is 2.12. The summed E-state index contributed by atoms with van der Waals surface area (Å²) >= 11 is 0. The quantitative estimate of drug-likeness (QED) is 0.756. The summed E-state index contributed by atoms with van der Waals surface area (Å²) in [6.45, 7) is 0. The third-order valence-electron chi connectivity index (χ3n) is 2.21. The fraction of sp³-hybridized carbons (Fsp3) is 0.100. The van der Waals surface area contributed by atoms with Crippen molar-refractivity contribution in [2.75, 3.05) is 18.1 Å². The Morgan fingerprint density at radius 2 is 2.07 bits per heavy atom. The smallest absolute Gasteiger partial charge is 0.185 e. The number of anilines is 2. The van der Waals surface area contributed by atoms with Crippen LogP contribution in [0.2, 0.25) is 0 Å². The van der Waals surface area contributed by atoms with E-state index in [4.69, 9.17) is 5.73 Å². The van der Waals surface area contributed by atoms with Crippen molar-refractivity contribution in [3.8, 4) is 0 Å². The van der Waals surface area contributed by atoms with Crippen LogP contribution in [0, 0.1) is 11.6 Å². The van der Waals surface area contributed by atoms with Gasteiger partial charge in [0.05, 0.1) is 17.6 Å². The molecule has 0 unspecified atom stereocenters. The zero-order chi connectivity index (χ0) is 11.0. The minimum Gasteiger partial charge on any atom is -0.396 e. The van der Waals surface area contributed by atoms with Gasteiger partial charge in [-0.2, -0.15) is 0 Å². The molecule has 1 aromatic heterocycles. The Labute approximate surface area is 84.9 Å². The van der Waals surface area contributed by atoms with Crippen LogP contribution in [-0.2, 0) is 0 Å². The molecule has 0 aliphatic carbocycles. The van der Waals surface area contributed by atoms with Gasteiger partial charge < -0.3 is 11.1 Å². The Morgan fingerprint density at radius 3 is 2.73 bits per heavy atom. The molecule has 0 amide bonds. The van der Waals surface area contributed by atoms with Crippen molar-refractivity contribution in [1.29, 1.82) is 0 Å². The Bertz CT molecular complexity index is 526. The van der Waals surface area contributed by atoms with E-state index in [9.17, 15) is 8.78 Å². The maximum absolute atomic E-state index is 13.3. The number of nitrogen functional groups attached to an aromatic ring is 1. The number of pyridine rings is 1. The monoisotopic (exact) mass is 209 g/mol. The van der Waals surface area contributed by atoms with Crippen LogP contribution in [0.25, 0.3) is 10.9 Å². The van der Waals surface area contributed by atoms with Crippen LogP contribution in [-0.4, -0.2) is 12.0 Å². The van der Waals surface area contributed by atoms with Gasteiger partial charge in [0.25, 0.3) is 0 Å². The van der Waals surface area contributed by atoms with Gasteiger partial charge in [-0.05, 0) is 12.1 Å². The Balaban J connectivity index is 2.89. The van der Waals surface area contributed by atoms with Crippen molar-refractivity contribution in [2.45, 2.75) is 0 Å². The fourth-order valence-electron chi connectivity index (χ4n) is 1.50. The maximum atomic E-state index is 13.3. The van der Waals surface area contributed by atoms with Crippen molar-refractivity contribution >= 4 is 22.3 Å². The molecule has 0 atom stereocenters. The van der Waals surface area contributed by atoms with Gasteiger partial charge >= 0.3 is 0 Å². The van der Waals surface area contributed by atoms with Crippen LogP contribution in [0.15, 0.2) is 18.3 Å². The largest absolute Gasteiger partial charge is 0.396 e. The SMILES string of the molecule is CNc1c(N)cnc2c(F)c(F)ccc12. The highest BCUT2D eigenvalue weighted by atomic mass is 19.2. The number of nitrogens with one attached hydrogen (secondary N) is 1. The first-order valence-electron chi connectivity index (χ1n) is 4.35. The van der Waals surface area contributed by atoms with Gasteiger partial charge in [0.1, 0.15) is 5.52 Å². The van der Waals surface area contributed by atoms with E-state index < -0.39 is 11.6 Å². The Hall–Kier alpha value is -1.91. The molecule has 0 fully saturated rings. The molecule has 3 nitrogen and oxygen atoms in total. The summed E-state index contributed by atoms with van der Waals surface area (Å²) in [5.74, 6) is -1.87. The van der Waals surface area contributed by atoms with Gasteiger partial charge in [-0.1, -0.05) is 0 Å². The third-order valence-corrected chi connectivity index (χ3v) is 2.21. The molecule has 0 radical (unpaired) electrons. The van der Waals surface area contributed by atoms with Crippen molar-refractivity contribution in [3.05, 3.63) is 30.0 Å². The lowest BCUT2D eigenvalue weighted by molar-refractivity contribution is 0.515. The van der Waals surface area contributed by atoms with E-state index in [1.165, 1.54) is 12.3 Å². The zero-order valence-corrected chi connectivity index (χ0v) is 8.01. The van der Waals surface area contributed by atoms with Gasteiger partial charge in [-0.25, -0.2) is 8.78 Å². The lowest BCUT2D eigenvalue weighted by Gasteiger charge is -2.08. The summed E-state index contributed by atoms with van der Waals surface area (Å²) in [5, 5.41) is 3.30.